The third kappa shape index (κ3) is 5.99. The highest BCUT2D eigenvalue weighted by molar-refractivity contribution is 9.11. The van der Waals surface area contributed by atoms with Gasteiger partial charge in [0.2, 0.25) is 0 Å². The SMILES string of the molecule is CCNc1cc(CF)cc(COc2c(Br)cc(CCC(=O)O)cc2Br)c1. The number of aryl methyl sites for hydroxylation is 1. The molecule has 140 valence electrons. The van der Waals surface area contributed by atoms with Gasteiger partial charge in [-0.05, 0) is 92.2 Å². The van der Waals surface area contributed by atoms with E-state index in [1.54, 1.807) is 12.1 Å². The van der Waals surface area contributed by atoms with Gasteiger partial charge in [0.05, 0.1) is 8.95 Å². The molecule has 4 nitrogen and oxygen atoms in total. The molecule has 2 rings (SSSR count). The lowest BCUT2D eigenvalue weighted by Crippen LogP contribution is -2.02. The third-order valence-electron chi connectivity index (χ3n) is 3.66. The predicted molar refractivity (Wildman–Crippen MR) is 108 cm³/mol. The standard InChI is InChI=1S/C19H20Br2FNO3/c1-2-23-15-6-13(10-22)5-14(7-15)11-26-19-16(20)8-12(9-17(19)21)3-4-18(24)25/h5-9,23H,2-4,10-11H2,1H3,(H,24,25). The first-order valence-electron chi connectivity index (χ1n) is 8.18. The lowest BCUT2D eigenvalue weighted by Gasteiger charge is -2.14. The smallest absolute Gasteiger partial charge is 0.303 e. The van der Waals surface area contributed by atoms with Gasteiger partial charge in [-0.25, -0.2) is 4.39 Å². The minimum atomic E-state index is -0.832. The molecule has 0 spiro atoms. The van der Waals surface area contributed by atoms with Crippen molar-refractivity contribution in [2.45, 2.75) is 33.0 Å². The van der Waals surface area contributed by atoms with Gasteiger partial charge in [0.1, 0.15) is 19.0 Å². The number of halogens is 3. The average molecular weight is 489 g/mol. The van der Waals surface area contributed by atoms with Crippen molar-refractivity contribution in [1.29, 1.82) is 0 Å². The normalized spacial score (nSPS) is 10.6. The molecule has 0 bridgehead atoms. The Bertz CT molecular complexity index is 760. The molecule has 0 radical (unpaired) electrons. The minimum absolute atomic E-state index is 0.0717. The van der Waals surface area contributed by atoms with Crippen LogP contribution in [0.15, 0.2) is 39.3 Å². The topological polar surface area (TPSA) is 58.6 Å². The number of carboxylic acids is 1. The Kier molecular flexibility index (Phi) is 7.90. The molecule has 0 aliphatic heterocycles. The summed E-state index contributed by atoms with van der Waals surface area (Å²) in [5, 5.41) is 12.0. The Morgan fingerprint density at radius 2 is 1.77 bits per heavy atom. The number of anilines is 1. The summed E-state index contributed by atoms with van der Waals surface area (Å²) < 4.78 is 20.4. The van der Waals surface area contributed by atoms with E-state index in [1.165, 1.54) is 0 Å². The summed E-state index contributed by atoms with van der Waals surface area (Å²) in [5.41, 5.74) is 3.23. The van der Waals surface area contributed by atoms with Gasteiger partial charge in [0, 0.05) is 18.7 Å². The van der Waals surface area contributed by atoms with Gasteiger partial charge in [-0.1, -0.05) is 0 Å². The van der Waals surface area contributed by atoms with Gasteiger partial charge in [-0.3, -0.25) is 4.79 Å². The van der Waals surface area contributed by atoms with Gasteiger partial charge in [0.15, 0.2) is 0 Å². The number of rotatable bonds is 9. The van der Waals surface area contributed by atoms with Gasteiger partial charge in [-0.15, -0.1) is 0 Å². The van der Waals surface area contributed by atoms with E-state index in [2.05, 4.69) is 37.2 Å². The second-order valence-electron chi connectivity index (χ2n) is 5.77. The number of nitrogens with one attached hydrogen (secondary N) is 1. The summed E-state index contributed by atoms with van der Waals surface area (Å²) in [4.78, 5) is 10.7. The summed E-state index contributed by atoms with van der Waals surface area (Å²) >= 11 is 6.94. The second kappa shape index (κ2) is 9.92. The van der Waals surface area contributed by atoms with Crippen LogP contribution in [0.1, 0.15) is 30.0 Å². The zero-order valence-corrected chi connectivity index (χ0v) is 17.5. The first kappa shape index (κ1) is 20.7. The van der Waals surface area contributed by atoms with Crippen molar-refractivity contribution in [1.82, 2.24) is 0 Å². The summed E-state index contributed by atoms with van der Waals surface area (Å²) in [7, 11) is 0. The van der Waals surface area contributed by atoms with Gasteiger partial charge in [0.25, 0.3) is 0 Å². The third-order valence-corrected chi connectivity index (χ3v) is 4.83. The van der Waals surface area contributed by atoms with E-state index < -0.39 is 12.6 Å². The van der Waals surface area contributed by atoms with Crippen molar-refractivity contribution in [3.8, 4) is 5.75 Å². The number of carboxylic acid groups (broad SMARTS) is 1. The average Bonchev–Trinajstić information content (AvgIpc) is 2.59. The van der Waals surface area contributed by atoms with Crippen LogP contribution in [0.25, 0.3) is 0 Å². The predicted octanol–water partition coefficient (Wildman–Crippen LogP) is 5.71. The lowest BCUT2D eigenvalue weighted by molar-refractivity contribution is -0.136. The first-order chi connectivity index (χ1) is 12.4. The van der Waals surface area contributed by atoms with E-state index in [-0.39, 0.29) is 13.0 Å². The number of ether oxygens (including phenoxy) is 1. The monoisotopic (exact) mass is 487 g/mol. The van der Waals surface area contributed by atoms with Gasteiger partial charge >= 0.3 is 5.97 Å². The molecule has 7 heteroatoms. The fraction of sp³-hybridized carbons (Fsp3) is 0.316. The Hall–Kier alpha value is -1.60. The number of benzene rings is 2. The first-order valence-corrected chi connectivity index (χ1v) is 9.76. The van der Waals surface area contributed by atoms with Crippen LogP contribution in [0.5, 0.6) is 5.75 Å². The molecule has 2 N–H and O–H groups in total. The molecule has 0 amide bonds. The highest BCUT2D eigenvalue weighted by Gasteiger charge is 2.11. The highest BCUT2D eigenvalue weighted by Crippen LogP contribution is 2.36. The van der Waals surface area contributed by atoms with Crippen LogP contribution in [0.3, 0.4) is 0 Å². The molecule has 0 fully saturated rings. The van der Waals surface area contributed by atoms with Crippen molar-refractivity contribution in [2.24, 2.45) is 0 Å². The minimum Gasteiger partial charge on any atom is -0.487 e. The second-order valence-corrected chi connectivity index (χ2v) is 7.48. The molecule has 0 aromatic heterocycles. The molecule has 2 aromatic rings. The van der Waals surface area contributed by atoms with Crippen molar-refractivity contribution < 1.29 is 19.0 Å². The number of hydrogen-bond acceptors (Lipinski definition) is 3. The Morgan fingerprint density at radius 1 is 1.12 bits per heavy atom. The molecule has 0 heterocycles. The molecule has 26 heavy (non-hydrogen) atoms. The lowest BCUT2D eigenvalue weighted by atomic mass is 10.1. The van der Waals surface area contributed by atoms with Crippen LogP contribution < -0.4 is 10.1 Å². The largest absolute Gasteiger partial charge is 0.487 e. The number of alkyl halides is 1. The number of hydrogen-bond donors (Lipinski definition) is 2. The van der Waals surface area contributed by atoms with Crippen LogP contribution in [0.4, 0.5) is 10.1 Å². The summed E-state index contributed by atoms with van der Waals surface area (Å²) in [6.45, 7) is 2.50. The Labute approximate surface area is 169 Å². The van der Waals surface area contributed by atoms with Crippen molar-refractivity contribution in [3.63, 3.8) is 0 Å². The molecule has 0 aliphatic rings. The molecule has 0 saturated carbocycles. The Balaban J connectivity index is 2.14. The van der Waals surface area contributed by atoms with Crippen molar-refractivity contribution in [2.75, 3.05) is 11.9 Å². The van der Waals surface area contributed by atoms with Crippen molar-refractivity contribution >= 4 is 43.5 Å². The quantitative estimate of drug-likeness (QED) is 0.474. The molecule has 0 aliphatic carbocycles. The highest BCUT2D eigenvalue weighted by atomic mass is 79.9. The summed E-state index contributed by atoms with van der Waals surface area (Å²) in [6, 6.07) is 9.21. The molecular weight excluding hydrogens is 469 g/mol. The van der Waals surface area contributed by atoms with Crippen LogP contribution in [0.2, 0.25) is 0 Å². The maximum absolute atomic E-state index is 13.1. The molecular formula is C19H20Br2FNO3. The van der Waals surface area contributed by atoms with E-state index in [0.29, 0.717) is 17.7 Å². The number of carbonyl (C=O) groups is 1. The zero-order chi connectivity index (χ0) is 19.1. The van der Waals surface area contributed by atoms with Crippen LogP contribution >= 0.6 is 31.9 Å². The van der Waals surface area contributed by atoms with Crippen LogP contribution in [0, 0.1) is 0 Å². The maximum atomic E-state index is 13.1. The van der Waals surface area contributed by atoms with E-state index in [0.717, 1.165) is 32.3 Å². The fourth-order valence-corrected chi connectivity index (χ4v) is 4.04. The van der Waals surface area contributed by atoms with Crippen LogP contribution in [-0.2, 0) is 24.5 Å². The van der Waals surface area contributed by atoms with Crippen molar-refractivity contribution in [3.05, 3.63) is 56.0 Å². The van der Waals surface area contributed by atoms with E-state index >= 15 is 0 Å². The summed E-state index contributed by atoms with van der Waals surface area (Å²) in [5.74, 6) is -0.207. The Morgan fingerprint density at radius 3 is 2.35 bits per heavy atom. The van der Waals surface area contributed by atoms with E-state index in [1.807, 2.05) is 25.1 Å². The van der Waals surface area contributed by atoms with E-state index in [4.69, 9.17) is 9.84 Å². The van der Waals surface area contributed by atoms with Gasteiger partial charge < -0.3 is 15.2 Å². The maximum Gasteiger partial charge on any atom is 0.303 e. The fourth-order valence-electron chi connectivity index (χ4n) is 2.53. The zero-order valence-electron chi connectivity index (χ0n) is 14.3. The number of aliphatic carboxylic acids is 1. The molecule has 0 unspecified atom stereocenters. The van der Waals surface area contributed by atoms with Gasteiger partial charge in [-0.2, -0.15) is 0 Å². The molecule has 0 atom stereocenters. The van der Waals surface area contributed by atoms with E-state index in [9.17, 15) is 9.18 Å². The van der Waals surface area contributed by atoms with Crippen LogP contribution in [-0.4, -0.2) is 17.6 Å². The molecule has 0 saturated heterocycles. The summed E-state index contributed by atoms with van der Waals surface area (Å²) in [6.07, 6.45) is 0.514. The molecule has 2 aromatic carbocycles.